The largest absolute Gasteiger partial charge is 0.367 e. The van der Waals surface area contributed by atoms with Crippen molar-refractivity contribution in [2.75, 3.05) is 43.4 Å². The number of nitrogens with one attached hydrogen (secondary N) is 3. The highest BCUT2D eigenvalue weighted by molar-refractivity contribution is 5.98. The molecule has 2 aromatic carbocycles. The molecule has 194 valence electrons. The summed E-state index contributed by atoms with van der Waals surface area (Å²) in [6.07, 6.45) is 3.96. The average molecular weight is 509 g/mol. The number of anilines is 2. The summed E-state index contributed by atoms with van der Waals surface area (Å²) in [6, 6.07) is 14.4. The topological polar surface area (TPSA) is 106 Å². The van der Waals surface area contributed by atoms with E-state index in [2.05, 4.69) is 66.6 Å². The van der Waals surface area contributed by atoms with E-state index < -0.39 is 0 Å². The predicted molar refractivity (Wildman–Crippen MR) is 152 cm³/mol. The van der Waals surface area contributed by atoms with Crippen molar-refractivity contribution in [1.82, 2.24) is 30.0 Å². The number of benzene rings is 2. The second kappa shape index (κ2) is 9.90. The van der Waals surface area contributed by atoms with Crippen LogP contribution < -0.4 is 10.2 Å². The number of fused-ring (bicyclic) bond motifs is 2. The fraction of sp³-hybridized carbons (Fsp3) is 0.310. The highest BCUT2D eigenvalue weighted by atomic mass is 16.1. The van der Waals surface area contributed by atoms with Gasteiger partial charge in [0.1, 0.15) is 11.2 Å². The van der Waals surface area contributed by atoms with Crippen LogP contribution in [-0.4, -0.2) is 69.2 Å². The van der Waals surface area contributed by atoms with Crippen molar-refractivity contribution in [1.29, 1.82) is 0 Å². The van der Waals surface area contributed by atoms with Crippen molar-refractivity contribution >= 4 is 39.2 Å². The molecule has 0 saturated carbocycles. The molecule has 6 rings (SSSR count). The van der Waals surface area contributed by atoms with Gasteiger partial charge in [0.05, 0.1) is 28.6 Å². The summed E-state index contributed by atoms with van der Waals surface area (Å²) >= 11 is 0. The summed E-state index contributed by atoms with van der Waals surface area (Å²) in [5.74, 6) is 1.02. The molecular weight excluding hydrogens is 476 g/mol. The Morgan fingerprint density at radius 1 is 1.03 bits per heavy atom. The van der Waals surface area contributed by atoms with Crippen molar-refractivity contribution in [3.63, 3.8) is 0 Å². The van der Waals surface area contributed by atoms with E-state index in [4.69, 9.17) is 4.98 Å². The molecule has 0 spiro atoms. The lowest BCUT2D eigenvalue weighted by Crippen LogP contribution is -2.44. The highest BCUT2D eigenvalue weighted by Crippen LogP contribution is 2.33. The summed E-state index contributed by atoms with van der Waals surface area (Å²) in [4.78, 5) is 29.9. The molecule has 5 aromatic rings. The van der Waals surface area contributed by atoms with Gasteiger partial charge in [0.25, 0.3) is 0 Å². The first kappa shape index (κ1) is 24.1. The molecule has 38 heavy (non-hydrogen) atoms. The number of nitrogens with zero attached hydrogens (tertiary/aromatic N) is 5. The normalized spacial score (nSPS) is 14.6. The molecular formula is C29H32N8O. The Kier molecular flexibility index (Phi) is 6.29. The quantitative estimate of drug-likeness (QED) is 0.301. The molecule has 4 heterocycles. The lowest BCUT2D eigenvalue weighted by molar-refractivity contribution is -0.116. The molecule has 0 unspecified atom stereocenters. The van der Waals surface area contributed by atoms with Gasteiger partial charge >= 0.3 is 0 Å². The smallest absolute Gasteiger partial charge is 0.224 e. The molecule has 0 bridgehead atoms. The molecule has 0 atom stereocenters. The number of imidazole rings is 1. The van der Waals surface area contributed by atoms with E-state index in [1.807, 2.05) is 38.2 Å². The molecule has 0 aliphatic carbocycles. The minimum absolute atomic E-state index is 0.00708. The van der Waals surface area contributed by atoms with Crippen LogP contribution in [0.25, 0.3) is 44.6 Å². The number of para-hydroxylation sites is 1. The Morgan fingerprint density at radius 3 is 2.68 bits per heavy atom. The maximum Gasteiger partial charge on any atom is 0.224 e. The first-order chi connectivity index (χ1) is 18.4. The number of pyridine rings is 1. The number of H-pyrrole nitrogens is 2. The van der Waals surface area contributed by atoms with E-state index in [1.165, 1.54) is 0 Å². The molecule has 3 aromatic heterocycles. The van der Waals surface area contributed by atoms with Gasteiger partial charge < -0.3 is 20.1 Å². The van der Waals surface area contributed by atoms with Gasteiger partial charge in [0.15, 0.2) is 5.82 Å². The van der Waals surface area contributed by atoms with Crippen molar-refractivity contribution in [2.24, 2.45) is 5.92 Å². The number of rotatable bonds is 6. The monoisotopic (exact) mass is 508 g/mol. The number of carbonyl (C=O) groups is 1. The SMILES string of the molecule is CC(C)CC(=O)Nc1cncc(-c2ccc3[nH]nc(-c4nc5c(N6CCN(C)CC6)cccc5[nH]4)c3c2)c1. The number of aromatic nitrogens is 5. The molecule has 1 fully saturated rings. The van der Waals surface area contributed by atoms with Crippen molar-refractivity contribution in [3.05, 3.63) is 54.9 Å². The fourth-order valence-electron chi connectivity index (χ4n) is 5.05. The molecule has 1 amide bonds. The van der Waals surface area contributed by atoms with E-state index in [1.54, 1.807) is 6.20 Å². The molecule has 1 aliphatic rings. The Labute approximate surface area is 221 Å². The van der Waals surface area contributed by atoms with E-state index in [9.17, 15) is 4.79 Å². The summed E-state index contributed by atoms with van der Waals surface area (Å²) in [5.41, 5.74) is 7.42. The van der Waals surface area contributed by atoms with Crippen LogP contribution in [0.5, 0.6) is 0 Å². The summed E-state index contributed by atoms with van der Waals surface area (Å²) < 4.78 is 0. The number of likely N-dealkylation sites (N-methyl/N-ethyl adjacent to an activating group) is 1. The van der Waals surface area contributed by atoms with Crippen molar-refractivity contribution in [3.8, 4) is 22.6 Å². The van der Waals surface area contributed by atoms with Crippen LogP contribution in [0.15, 0.2) is 54.9 Å². The zero-order valence-electron chi connectivity index (χ0n) is 22.0. The Bertz CT molecular complexity index is 1610. The van der Waals surface area contributed by atoms with Gasteiger partial charge in [-0.15, -0.1) is 0 Å². The van der Waals surface area contributed by atoms with Crippen LogP contribution >= 0.6 is 0 Å². The van der Waals surface area contributed by atoms with Gasteiger partial charge in [-0.2, -0.15) is 5.10 Å². The van der Waals surface area contributed by atoms with Gasteiger partial charge in [-0.05, 0) is 48.9 Å². The second-order valence-electron chi connectivity index (χ2n) is 10.5. The van der Waals surface area contributed by atoms with E-state index in [0.717, 1.165) is 76.4 Å². The van der Waals surface area contributed by atoms with E-state index in [0.29, 0.717) is 18.0 Å². The zero-order valence-corrected chi connectivity index (χ0v) is 22.0. The molecule has 9 nitrogen and oxygen atoms in total. The standard InChI is InChI=1S/C29H32N8O/c1-18(2)13-26(38)31-21-14-20(16-30-17-21)19-7-8-23-22(15-19)27(35-34-23)29-32-24-5-4-6-25(28(24)33-29)37-11-9-36(3)10-12-37/h4-8,14-18H,9-13H2,1-3H3,(H,31,38)(H,32,33)(H,34,35). The Balaban J connectivity index is 1.34. The lowest BCUT2D eigenvalue weighted by atomic mass is 10.0. The van der Waals surface area contributed by atoms with E-state index >= 15 is 0 Å². The van der Waals surface area contributed by atoms with Gasteiger partial charge in [-0.3, -0.25) is 14.9 Å². The highest BCUT2D eigenvalue weighted by Gasteiger charge is 2.20. The maximum atomic E-state index is 12.3. The number of hydrogen-bond acceptors (Lipinski definition) is 6. The van der Waals surface area contributed by atoms with Crippen LogP contribution in [0.1, 0.15) is 20.3 Å². The van der Waals surface area contributed by atoms with Crippen LogP contribution in [0.4, 0.5) is 11.4 Å². The minimum atomic E-state index is -0.00708. The summed E-state index contributed by atoms with van der Waals surface area (Å²) in [5, 5.41) is 11.7. The third-order valence-electron chi connectivity index (χ3n) is 7.07. The average Bonchev–Trinajstić information content (AvgIpc) is 3.52. The van der Waals surface area contributed by atoms with Gasteiger partial charge in [0.2, 0.25) is 5.91 Å². The predicted octanol–water partition coefficient (Wildman–Crippen LogP) is 4.90. The third kappa shape index (κ3) is 4.72. The second-order valence-corrected chi connectivity index (χ2v) is 10.5. The summed E-state index contributed by atoms with van der Waals surface area (Å²) in [6.45, 7) is 8.10. The van der Waals surface area contributed by atoms with Crippen LogP contribution in [0.2, 0.25) is 0 Å². The van der Waals surface area contributed by atoms with Crippen LogP contribution in [-0.2, 0) is 4.79 Å². The number of hydrogen-bond donors (Lipinski definition) is 3. The molecule has 1 saturated heterocycles. The molecule has 1 aliphatic heterocycles. The maximum absolute atomic E-state index is 12.3. The molecule has 0 radical (unpaired) electrons. The van der Waals surface area contributed by atoms with E-state index in [-0.39, 0.29) is 5.91 Å². The molecule has 3 N–H and O–H groups in total. The van der Waals surface area contributed by atoms with Gasteiger partial charge in [-0.25, -0.2) is 4.98 Å². The van der Waals surface area contributed by atoms with Crippen molar-refractivity contribution in [2.45, 2.75) is 20.3 Å². The van der Waals surface area contributed by atoms with Gasteiger partial charge in [0, 0.05) is 49.7 Å². The number of carbonyl (C=O) groups excluding carboxylic acids is 1. The Hall–Kier alpha value is -4.24. The third-order valence-corrected chi connectivity index (χ3v) is 7.07. The zero-order chi connectivity index (χ0) is 26.2. The van der Waals surface area contributed by atoms with Gasteiger partial charge in [-0.1, -0.05) is 26.0 Å². The number of amides is 1. The summed E-state index contributed by atoms with van der Waals surface area (Å²) in [7, 11) is 2.16. The number of piperazine rings is 1. The lowest BCUT2D eigenvalue weighted by Gasteiger charge is -2.34. The fourth-order valence-corrected chi connectivity index (χ4v) is 5.05. The first-order valence-electron chi connectivity index (χ1n) is 13.1. The first-order valence-corrected chi connectivity index (χ1v) is 13.1. The Morgan fingerprint density at radius 2 is 1.87 bits per heavy atom. The molecule has 9 heteroatoms. The van der Waals surface area contributed by atoms with Crippen LogP contribution in [0.3, 0.4) is 0 Å². The number of aromatic amines is 2. The van der Waals surface area contributed by atoms with Crippen LogP contribution in [0, 0.1) is 5.92 Å². The van der Waals surface area contributed by atoms with Crippen molar-refractivity contribution < 1.29 is 4.79 Å². The minimum Gasteiger partial charge on any atom is -0.367 e.